The Morgan fingerprint density at radius 2 is 2.26 bits per heavy atom. The van der Waals surface area contributed by atoms with Crippen molar-refractivity contribution >= 4 is 33.5 Å². The summed E-state index contributed by atoms with van der Waals surface area (Å²) in [6, 6.07) is 7.58. The lowest BCUT2D eigenvalue weighted by Gasteiger charge is -2.13. The van der Waals surface area contributed by atoms with E-state index in [1.807, 2.05) is 24.3 Å². The molecule has 100 valence electrons. The third kappa shape index (κ3) is 3.20. The minimum Gasteiger partial charge on any atom is -0.481 e. The molecule has 1 aliphatic heterocycles. The van der Waals surface area contributed by atoms with Gasteiger partial charge in [-0.2, -0.15) is 5.10 Å². The molecule has 0 bridgehead atoms. The van der Waals surface area contributed by atoms with E-state index in [1.54, 1.807) is 6.92 Å². The van der Waals surface area contributed by atoms with Crippen molar-refractivity contribution in [1.82, 2.24) is 5.01 Å². The highest BCUT2D eigenvalue weighted by Gasteiger charge is 2.34. The van der Waals surface area contributed by atoms with Gasteiger partial charge in [0.2, 0.25) is 0 Å². The molecule has 2 rings (SSSR count). The third-order valence-electron chi connectivity index (χ3n) is 2.94. The number of nitrogens with zero attached hydrogens (tertiary/aromatic N) is 2. The number of carbonyl (C=O) groups excluding carboxylic acids is 1. The van der Waals surface area contributed by atoms with Crippen LogP contribution in [0.2, 0.25) is 0 Å². The fraction of sp³-hybridized carbons (Fsp3) is 0.308. The van der Waals surface area contributed by atoms with E-state index >= 15 is 0 Å². The molecule has 0 saturated heterocycles. The zero-order valence-corrected chi connectivity index (χ0v) is 11.9. The number of halogens is 1. The van der Waals surface area contributed by atoms with Crippen LogP contribution in [0.3, 0.4) is 0 Å². The van der Waals surface area contributed by atoms with Crippen LogP contribution in [0.15, 0.2) is 33.8 Å². The number of hydrogen-bond acceptors (Lipinski definition) is 3. The zero-order chi connectivity index (χ0) is 14.0. The molecule has 1 heterocycles. The molecule has 19 heavy (non-hydrogen) atoms. The first-order valence-corrected chi connectivity index (χ1v) is 6.59. The summed E-state index contributed by atoms with van der Waals surface area (Å²) in [5.41, 5.74) is 1.50. The molecular weight excluding hydrogens is 312 g/mol. The minimum absolute atomic E-state index is 0.205. The Morgan fingerprint density at radius 1 is 1.53 bits per heavy atom. The van der Waals surface area contributed by atoms with Gasteiger partial charge in [0, 0.05) is 10.2 Å². The van der Waals surface area contributed by atoms with Gasteiger partial charge in [-0.15, -0.1) is 0 Å². The van der Waals surface area contributed by atoms with Gasteiger partial charge in [-0.05, 0) is 24.6 Å². The number of benzene rings is 1. The smallest absolute Gasteiger partial charge is 0.304 e. The van der Waals surface area contributed by atoms with E-state index in [4.69, 9.17) is 5.11 Å². The fourth-order valence-electron chi connectivity index (χ4n) is 2.00. The van der Waals surface area contributed by atoms with Crippen molar-refractivity contribution in [2.24, 2.45) is 11.0 Å². The van der Waals surface area contributed by atoms with E-state index in [2.05, 4.69) is 21.0 Å². The summed E-state index contributed by atoms with van der Waals surface area (Å²) in [6.45, 7) is 2.04. The van der Waals surface area contributed by atoms with Crippen LogP contribution in [0, 0.1) is 5.92 Å². The van der Waals surface area contributed by atoms with Crippen LogP contribution in [-0.2, 0) is 16.1 Å². The Morgan fingerprint density at radius 3 is 2.89 bits per heavy atom. The van der Waals surface area contributed by atoms with Crippen molar-refractivity contribution in [3.63, 3.8) is 0 Å². The number of amides is 1. The third-order valence-corrected chi connectivity index (χ3v) is 3.43. The number of aliphatic carboxylic acids is 1. The second-order valence-corrected chi connectivity index (χ2v) is 5.33. The van der Waals surface area contributed by atoms with E-state index < -0.39 is 11.9 Å². The van der Waals surface area contributed by atoms with Crippen LogP contribution in [0.4, 0.5) is 0 Å². The van der Waals surface area contributed by atoms with Crippen molar-refractivity contribution in [2.75, 3.05) is 0 Å². The molecule has 1 aliphatic rings. The molecule has 1 aromatic carbocycles. The Bertz CT molecular complexity index is 557. The average Bonchev–Trinajstić information content (AvgIpc) is 2.57. The number of carboxylic acid groups (broad SMARTS) is 1. The molecule has 0 saturated carbocycles. The van der Waals surface area contributed by atoms with E-state index in [9.17, 15) is 9.59 Å². The highest BCUT2D eigenvalue weighted by molar-refractivity contribution is 9.10. The normalized spacial score (nSPS) is 18.6. The lowest BCUT2D eigenvalue weighted by molar-refractivity contribution is -0.142. The summed E-state index contributed by atoms with van der Waals surface area (Å²) >= 11 is 3.37. The van der Waals surface area contributed by atoms with Crippen LogP contribution >= 0.6 is 15.9 Å². The SMILES string of the molecule is CC1=NN(Cc2cccc(Br)c2)C(=O)C1CC(=O)O. The Balaban J connectivity index is 2.11. The average molecular weight is 325 g/mol. The van der Waals surface area contributed by atoms with Gasteiger partial charge in [0.25, 0.3) is 5.91 Å². The molecule has 5 nitrogen and oxygen atoms in total. The van der Waals surface area contributed by atoms with Crippen LogP contribution in [0.25, 0.3) is 0 Å². The molecular formula is C13H13BrN2O3. The predicted molar refractivity (Wildman–Crippen MR) is 73.5 cm³/mol. The minimum atomic E-state index is -0.989. The maximum Gasteiger partial charge on any atom is 0.304 e. The van der Waals surface area contributed by atoms with Crippen LogP contribution in [-0.4, -0.2) is 27.7 Å². The molecule has 1 atom stereocenters. The molecule has 0 radical (unpaired) electrons. The molecule has 1 unspecified atom stereocenters. The van der Waals surface area contributed by atoms with Gasteiger partial charge in [0.1, 0.15) is 0 Å². The van der Waals surface area contributed by atoms with Gasteiger partial charge in [-0.1, -0.05) is 28.1 Å². The van der Waals surface area contributed by atoms with Crippen LogP contribution in [0.5, 0.6) is 0 Å². The zero-order valence-electron chi connectivity index (χ0n) is 10.3. The Kier molecular flexibility index (Phi) is 3.99. The summed E-state index contributed by atoms with van der Waals surface area (Å²) < 4.78 is 0.930. The summed E-state index contributed by atoms with van der Waals surface area (Å²) in [6.07, 6.45) is -0.205. The summed E-state index contributed by atoms with van der Waals surface area (Å²) in [7, 11) is 0. The van der Waals surface area contributed by atoms with Gasteiger partial charge in [0.05, 0.1) is 18.9 Å². The Hall–Kier alpha value is -1.69. The molecule has 6 heteroatoms. The van der Waals surface area contributed by atoms with E-state index in [0.717, 1.165) is 10.0 Å². The second-order valence-electron chi connectivity index (χ2n) is 4.42. The maximum absolute atomic E-state index is 12.1. The van der Waals surface area contributed by atoms with Crippen molar-refractivity contribution in [1.29, 1.82) is 0 Å². The first-order valence-electron chi connectivity index (χ1n) is 5.80. The lowest BCUT2D eigenvalue weighted by Crippen LogP contribution is -2.28. The van der Waals surface area contributed by atoms with Gasteiger partial charge in [-0.3, -0.25) is 9.59 Å². The van der Waals surface area contributed by atoms with Crippen molar-refractivity contribution < 1.29 is 14.7 Å². The first-order chi connectivity index (χ1) is 8.97. The van der Waals surface area contributed by atoms with Gasteiger partial charge in [0.15, 0.2) is 0 Å². The Labute approximate surface area is 119 Å². The number of rotatable bonds is 4. The molecule has 0 aromatic heterocycles. The summed E-state index contributed by atoms with van der Waals surface area (Å²) in [4.78, 5) is 22.8. The van der Waals surface area contributed by atoms with Crippen molar-refractivity contribution in [2.45, 2.75) is 19.9 Å². The monoisotopic (exact) mass is 324 g/mol. The maximum atomic E-state index is 12.1. The van der Waals surface area contributed by atoms with Crippen molar-refractivity contribution in [3.05, 3.63) is 34.3 Å². The number of hydrogen-bond donors (Lipinski definition) is 1. The highest BCUT2D eigenvalue weighted by Crippen LogP contribution is 2.22. The van der Waals surface area contributed by atoms with Crippen LogP contribution < -0.4 is 0 Å². The standard InChI is InChI=1S/C13H13BrN2O3/c1-8-11(6-12(17)18)13(19)16(15-8)7-9-3-2-4-10(14)5-9/h2-5,11H,6-7H2,1H3,(H,17,18). The van der Waals surface area contributed by atoms with Crippen molar-refractivity contribution in [3.8, 4) is 0 Å². The molecule has 1 N–H and O–H groups in total. The van der Waals surface area contributed by atoms with E-state index in [0.29, 0.717) is 12.3 Å². The number of carboxylic acids is 1. The molecule has 0 spiro atoms. The second kappa shape index (κ2) is 5.52. The summed E-state index contributed by atoms with van der Waals surface area (Å²) in [5, 5.41) is 14.3. The highest BCUT2D eigenvalue weighted by atomic mass is 79.9. The van der Waals surface area contributed by atoms with Gasteiger partial charge < -0.3 is 5.11 Å². The molecule has 0 aliphatic carbocycles. The van der Waals surface area contributed by atoms with E-state index in [-0.39, 0.29) is 12.3 Å². The predicted octanol–water partition coefficient (Wildman–Crippen LogP) is 2.26. The van der Waals surface area contributed by atoms with Gasteiger partial charge >= 0.3 is 5.97 Å². The number of carbonyl (C=O) groups is 2. The number of hydrazone groups is 1. The van der Waals surface area contributed by atoms with E-state index in [1.165, 1.54) is 5.01 Å². The first kappa shape index (κ1) is 13.7. The molecule has 1 aromatic rings. The molecule has 0 fully saturated rings. The lowest BCUT2D eigenvalue weighted by atomic mass is 10.0. The topological polar surface area (TPSA) is 70.0 Å². The molecule has 1 amide bonds. The quantitative estimate of drug-likeness (QED) is 0.923. The van der Waals surface area contributed by atoms with Crippen LogP contribution in [0.1, 0.15) is 18.9 Å². The summed E-state index contributed by atoms with van der Waals surface area (Å²) in [5.74, 6) is -1.87. The van der Waals surface area contributed by atoms with Gasteiger partial charge in [-0.25, -0.2) is 5.01 Å². The fourth-order valence-corrected chi connectivity index (χ4v) is 2.45. The largest absolute Gasteiger partial charge is 0.481 e.